The molecule has 4 nitrogen and oxygen atoms in total. The van der Waals surface area contributed by atoms with Crippen molar-refractivity contribution >= 4 is 43.9 Å². The van der Waals surface area contributed by atoms with Crippen LogP contribution in [0.4, 0.5) is 0 Å². The molecule has 0 radical (unpaired) electrons. The van der Waals surface area contributed by atoms with E-state index in [4.69, 9.17) is 14.4 Å². The number of furan rings is 1. The minimum absolute atomic E-state index is 0.841. The summed E-state index contributed by atoms with van der Waals surface area (Å²) in [6.07, 6.45) is 1.85. The smallest absolute Gasteiger partial charge is 0.143 e. The first-order chi connectivity index (χ1) is 18.8. The molecular formula is C34H21N3O. The molecule has 0 aliphatic carbocycles. The Morgan fingerprint density at radius 3 is 2.26 bits per heavy atom. The molecule has 0 unspecified atom stereocenters. The molecule has 8 rings (SSSR count). The van der Waals surface area contributed by atoms with Gasteiger partial charge in [-0.1, -0.05) is 84.9 Å². The third-order valence-electron chi connectivity index (χ3n) is 7.25. The molecule has 8 aromatic rings. The van der Waals surface area contributed by atoms with Gasteiger partial charge in [-0.25, -0.2) is 4.98 Å². The zero-order chi connectivity index (χ0) is 25.1. The Kier molecular flexibility index (Phi) is 4.49. The van der Waals surface area contributed by atoms with Crippen LogP contribution in [0.1, 0.15) is 0 Å². The van der Waals surface area contributed by atoms with Gasteiger partial charge in [0.25, 0.3) is 0 Å². The van der Waals surface area contributed by atoms with Crippen molar-refractivity contribution in [2.24, 2.45) is 0 Å². The Morgan fingerprint density at radius 1 is 0.579 bits per heavy atom. The van der Waals surface area contributed by atoms with E-state index in [0.29, 0.717) is 0 Å². The molecule has 0 amide bonds. The number of fused-ring (bicyclic) bond motifs is 6. The first-order valence-electron chi connectivity index (χ1n) is 12.7. The van der Waals surface area contributed by atoms with Gasteiger partial charge >= 0.3 is 0 Å². The molecule has 0 fully saturated rings. The normalized spacial score (nSPS) is 11.7. The maximum atomic E-state index is 6.42. The lowest BCUT2D eigenvalue weighted by Crippen LogP contribution is -2.00. The predicted octanol–water partition coefficient (Wildman–Crippen LogP) is 8.81. The van der Waals surface area contributed by atoms with Gasteiger partial charge in [-0.05, 0) is 42.0 Å². The minimum atomic E-state index is 0.841. The van der Waals surface area contributed by atoms with Crippen molar-refractivity contribution in [3.63, 3.8) is 0 Å². The van der Waals surface area contributed by atoms with E-state index in [-0.39, 0.29) is 0 Å². The van der Waals surface area contributed by atoms with Crippen molar-refractivity contribution in [3.8, 4) is 28.2 Å². The molecule has 178 valence electrons. The third-order valence-corrected chi connectivity index (χ3v) is 7.25. The third kappa shape index (κ3) is 3.10. The van der Waals surface area contributed by atoms with Crippen LogP contribution in [0.2, 0.25) is 0 Å². The standard InChI is InChI=1S/C34H21N3O/c1-2-10-22(11-3-1)28-20-23(24-14-8-15-26-25-12-5-7-18-31(25)38-34(24)26)21-32(36-28)37-29-16-6-4-13-27(29)33-30(37)17-9-19-35-33/h1-21H. The first-order valence-corrected chi connectivity index (χ1v) is 12.7. The molecule has 4 aromatic carbocycles. The minimum Gasteiger partial charge on any atom is -0.455 e. The second-order valence-electron chi connectivity index (χ2n) is 9.47. The van der Waals surface area contributed by atoms with Crippen molar-refractivity contribution in [2.75, 3.05) is 0 Å². The number of para-hydroxylation sites is 3. The zero-order valence-electron chi connectivity index (χ0n) is 20.4. The van der Waals surface area contributed by atoms with E-state index in [2.05, 4.69) is 89.5 Å². The van der Waals surface area contributed by atoms with Crippen LogP contribution >= 0.6 is 0 Å². The van der Waals surface area contributed by atoms with E-state index >= 15 is 0 Å². The Morgan fingerprint density at radius 2 is 1.34 bits per heavy atom. The van der Waals surface area contributed by atoms with Gasteiger partial charge in [-0.15, -0.1) is 0 Å². The van der Waals surface area contributed by atoms with Crippen LogP contribution in [0.5, 0.6) is 0 Å². The molecule has 4 heterocycles. The highest BCUT2D eigenvalue weighted by atomic mass is 16.3. The highest BCUT2D eigenvalue weighted by Crippen LogP contribution is 2.38. The van der Waals surface area contributed by atoms with Crippen molar-refractivity contribution in [1.82, 2.24) is 14.5 Å². The second kappa shape index (κ2) is 8.15. The average molecular weight is 488 g/mol. The maximum absolute atomic E-state index is 6.42. The quantitative estimate of drug-likeness (QED) is 0.250. The Balaban J connectivity index is 1.47. The SMILES string of the molecule is c1ccc(-c2cc(-c3cccc4c3oc3ccccc34)cc(-n3c4ccccc4c4ncccc43)n2)cc1. The lowest BCUT2D eigenvalue weighted by molar-refractivity contribution is 0.670. The number of hydrogen-bond acceptors (Lipinski definition) is 3. The largest absolute Gasteiger partial charge is 0.455 e. The Labute approximate surface area is 218 Å². The van der Waals surface area contributed by atoms with Gasteiger partial charge in [0.05, 0.1) is 22.2 Å². The van der Waals surface area contributed by atoms with Crippen molar-refractivity contribution in [1.29, 1.82) is 0 Å². The summed E-state index contributed by atoms with van der Waals surface area (Å²) < 4.78 is 8.63. The number of rotatable bonds is 3. The molecule has 4 aromatic heterocycles. The summed E-state index contributed by atoms with van der Waals surface area (Å²) in [4.78, 5) is 9.92. The number of benzene rings is 4. The van der Waals surface area contributed by atoms with Crippen LogP contribution in [0.25, 0.3) is 72.1 Å². The summed E-state index contributed by atoms with van der Waals surface area (Å²) >= 11 is 0. The maximum Gasteiger partial charge on any atom is 0.143 e. The lowest BCUT2D eigenvalue weighted by atomic mass is 10.0. The molecular weight excluding hydrogens is 466 g/mol. The fourth-order valence-corrected chi connectivity index (χ4v) is 5.55. The number of hydrogen-bond donors (Lipinski definition) is 0. The van der Waals surface area contributed by atoms with Crippen molar-refractivity contribution in [3.05, 3.63) is 128 Å². The molecule has 0 saturated carbocycles. The molecule has 38 heavy (non-hydrogen) atoms. The van der Waals surface area contributed by atoms with Crippen molar-refractivity contribution in [2.45, 2.75) is 0 Å². The van der Waals surface area contributed by atoms with Crippen molar-refractivity contribution < 1.29 is 4.42 Å². The van der Waals surface area contributed by atoms with Gasteiger partial charge in [0, 0.05) is 33.5 Å². The zero-order valence-corrected chi connectivity index (χ0v) is 20.4. The Bertz CT molecular complexity index is 2080. The van der Waals surface area contributed by atoms with Crippen LogP contribution in [0, 0.1) is 0 Å². The molecule has 4 heteroatoms. The molecule has 0 saturated heterocycles. The topological polar surface area (TPSA) is 43.9 Å². The highest BCUT2D eigenvalue weighted by Gasteiger charge is 2.18. The number of aromatic nitrogens is 3. The Hall–Kier alpha value is -5.22. The van der Waals surface area contributed by atoms with Gasteiger partial charge < -0.3 is 4.42 Å². The van der Waals surface area contributed by atoms with Gasteiger partial charge in [0.2, 0.25) is 0 Å². The average Bonchev–Trinajstić information content (AvgIpc) is 3.53. The summed E-state index contributed by atoms with van der Waals surface area (Å²) in [7, 11) is 0. The fourth-order valence-electron chi connectivity index (χ4n) is 5.55. The monoisotopic (exact) mass is 487 g/mol. The van der Waals surface area contributed by atoms with Gasteiger partial charge in [-0.2, -0.15) is 0 Å². The summed E-state index contributed by atoms with van der Waals surface area (Å²) in [5.74, 6) is 0.841. The molecule has 0 atom stereocenters. The van der Waals surface area contributed by atoms with Crippen LogP contribution in [-0.4, -0.2) is 14.5 Å². The van der Waals surface area contributed by atoms with Crippen LogP contribution in [-0.2, 0) is 0 Å². The summed E-state index contributed by atoms with van der Waals surface area (Å²) in [6, 6.07) is 41.7. The van der Waals surface area contributed by atoms with E-state index in [1.807, 2.05) is 42.6 Å². The van der Waals surface area contributed by atoms with Gasteiger partial charge in [-0.3, -0.25) is 9.55 Å². The first kappa shape index (κ1) is 20.9. The van der Waals surface area contributed by atoms with E-state index in [1.165, 1.54) is 0 Å². The summed E-state index contributed by atoms with van der Waals surface area (Å²) in [5, 5.41) is 3.34. The van der Waals surface area contributed by atoms with Crippen LogP contribution < -0.4 is 0 Å². The van der Waals surface area contributed by atoms with E-state index in [1.54, 1.807) is 0 Å². The van der Waals surface area contributed by atoms with E-state index < -0.39 is 0 Å². The van der Waals surface area contributed by atoms with Gasteiger partial charge in [0.15, 0.2) is 0 Å². The molecule has 0 bridgehead atoms. The summed E-state index contributed by atoms with van der Waals surface area (Å²) in [5.41, 5.74) is 8.90. The molecule has 0 aliphatic heterocycles. The summed E-state index contributed by atoms with van der Waals surface area (Å²) in [6.45, 7) is 0. The molecule has 0 spiro atoms. The van der Waals surface area contributed by atoms with E-state index in [9.17, 15) is 0 Å². The number of pyridine rings is 2. The lowest BCUT2D eigenvalue weighted by Gasteiger charge is -2.13. The van der Waals surface area contributed by atoms with Gasteiger partial charge in [0.1, 0.15) is 17.0 Å². The predicted molar refractivity (Wildman–Crippen MR) is 155 cm³/mol. The van der Waals surface area contributed by atoms with Crippen LogP contribution in [0.15, 0.2) is 132 Å². The number of nitrogens with zero attached hydrogens (tertiary/aromatic N) is 3. The fraction of sp³-hybridized carbons (Fsp3) is 0. The van der Waals surface area contributed by atoms with E-state index in [0.717, 1.165) is 72.1 Å². The molecule has 0 aliphatic rings. The highest BCUT2D eigenvalue weighted by molar-refractivity contribution is 6.10. The van der Waals surface area contributed by atoms with Crippen LogP contribution in [0.3, 0.4) is 0 Å². The second-order valence-corrected chi connectivity index (χ2v) is 9.47. The molecule has 0 N–H and O–H groups in total.